The smallest absolute Gasteiger partial charge is 0.269 e. The molecule has 0 spiro atoms. The first-order chi connectivity index (χ1) is 17.8. The van der Waals surface area contributed by atoms with Crippen molar-refractivity contribution in [3.05, 3.63) is 64.0 Å². The number of fused-ring (bicyclic) bond motifs is 1. The Morgan fingerprint density at radius 3 is 2.54 bits per heavy atom. The van der Waals surface area contributed by atoms with Gasteiger partial charge in [-0.3, -0.25) is 19.7 Å². The number of carbonyl (C=O) groups excluding carboxylic acids is 2. The largest absolute Gasteiger partial charge is 0.454 e. The van der Waals surface area contributed by atoms with Crippen LogP contribution in [0, 0.1) is 16.0 Å². The Hall–Kier alpha value is -4.13. The molecule has 194 valence electrons. The number of amides is 2. The molecule has 0 saturated heterocycles. The molecular formula is C24H26N6O6S. The van der Waals surface area contributed by atoms with E-state index in [1.807, 2.05) is 25.3 Å². The normalized spacial score (nSPS) is 12.9. The Morgan fingerprint density at radius 2 is 1.86 bits per heavy atom. The molecule has 0 bridgehead atoms. The van der Waals surface area contributed by atoms with Gasteiger partial charge in [0, 0.05) is 29.9 Å². The molecule has 0 fully saturated rings. The average molecular weight is 527 g/mol. The van der Waals surface area contributed by atoms with E-state index < -0.39 is 11.0 Å². The first kappa shape index (κ1) is 25.9. The summed E-state index contributed by atoms with van der Waals surface area (Å²) in [4.78, 5) is 35.7. The van der Waals surface area contributed by atoms with Gasteiger partial charge >= 0.3 is 0 Å². The summed E-state index contributed by atoms with van der Waals surface area (Å²) in [5.41, 5.74) is 0.844. The third-order valence-electron chi connectivity index (χ3n) is 5.62. The third kappa shape index (κ3) is 6.00. The number of aromatic nitrogens is 3. The number of hydrogen-bond donors (Lipinski definition) is 2. The number of carbonyl (C=O) groups is 2. The van der Waals surface area contributed by atoms with Crippen LogP contribution < -0.4 is 20.1 Å². The Bertz CT molecular complexity index is 1310. The Kier molecular flexibility index (Phi) is 7.92. The van der Waals surface area contributed by atoms with Crippen LogP contribution in [0.2, 0.25) is 0 Å². The van der Waals surface area contributed by atoms with Gasteiger partial charge in [0.15, 0.2) is 22.5 Å². The van der Waals surface area contributed by atoms with E-state index in [1.54, 1.807) is 18.2 Å². The number of anilines is 1. The molecule has 1 aromatic heterocycles. The first-order valence-corrected chi connectivity index (χ1v) is 12.6. The lowest BCUT2D eigenvalue weighted by Crippen LogP contribution is -2.33. The molecule has 12 nitrogen and oxygen atoms in total. The number of nitrogens with zero attached hydrogens (tertiary/aromatic N) is 4. The summed E-state index contributed by atoms with van der Waals surface area (Å²) in [7, 11) is 0. The van der Waals surface area contributed by atoms with Crippen molar-refractivity contribution in [1.82, 2.24) is 20.1 Å². The van der Waals surface area contributed by atoms with Crippen LogP contribution in [0.15, 0.2) is 47.6 Å². The standard InChI is InChI=1S/C24H26N6O6S/c1-4-29-22(21(14(2)3)26-23(32)15-5-10-18-19(11-15)36-13-35-18)27-28-24(29)37-12-20(31)25-16-6-8-17(9-7-16)30(33)34/h5-11,14,21H,4,12-13H2,1-3H3,(H,25,31)(H,26,32). The number of benzene rings is 2. The zero-order valence-corrected chi connectivity index (χ0v) is 21.3. The Morgan fingerprint density at radius 1 is 1.14 bits per heavy atom. The van der Waals surface area contributed by atoms with Crippen LogP contribution in [0.1, 0.15) is 43.0 Å². The molecule has 0 aliphatic carbocycles. The number of ether oxygens (including phenoxy) is 2. The minimum Gasteiger partial charge on any atom is -0.454 e. The quantitative estimate of drug-likeness (QED) is 0.228. The van der Waals surface area contributed by atoms with E-state index in [1.165, 1.54) is 36.0 Å². The van der Waals surface area contributed by atoms with Gasteiger partial charge in [0.05, 0.1) is 16.7 Å². The fraction of sp³-hybridized carbons (Fsp3) is 0.333. The Balaban J connectivity index is 1.42. The maximum atomic E-state index is 13.0. The van der Waals surface area contributed by atoms with Gasteiger partial charge in [-0.15, -0.1) is 10.2 Å². The van der Waals surface area contributed by atoms with Crippen molar-refractivity contribution in [2.75, 3.05) is 17.9 Å². The van der Waals surface area contributed by atoms with E-state index in [9.17, 15) is 19.7 Å². The van der Waals surface area contributed by atoms with Crippen LogP contribution in [0.4, 0.5) is 11.4 Å². The highest BCUT2D eigenvalue weighted by Gasteiger charge is 2.27. The molecular weight excluding hydrogens is 500 g/mol. The molecule has 37 heavy (non-hydrogen) atoms. The number of nitro benzene ring substituents is 1. The van der Waals surface area contributed by atoms with E-state index in [0.717, 1.165) is 0 Å². The Labute approximate surface area is 216 Å². The highest BCUT2D eigenvalue weighted by Crippen LogP contribution is 2.33. The third-order valence-corrected chi connectivity index (χ3v) is 6.59. The fourth-order valence-corrected chi connectivity index (χ4v) is 4.53. The second kappa shape index (κ2) is 11.3. The molecule has 1 atom stereocenters. The number of nitro groups is 1. The number of hydrogen-bond acceptors (Lipinski definition) is 9. The number of nitrogens with one attached hydrogen (secondary N) is 2. The lowest BCUT2D eigenvalue weighted by Gasteiger charge is -2.22. The van der Waals surface area contributed by atoms with Crippen LogP contribution in [0.3, 0.4) is 0 Å². The second-order valence-corrected chi connectivity index (χ2v) is 9.43. The van der Waals surface area contributed by atoms with Gasteiger partial charge in [0.2, 0.25) is 12.7 Å². The maximum absolute atomic E-state index is 13.0. The van der Waals surface area contributed by atoms with Crippen LogP contribution in [-0.4, -0.2) is 44.0 Å². The lowest BCUT2D eigenvalue weighted by molar-refractivity contribution is -0.384. The van der Waals surface area contributed by atoms with Gasteiger partial charge in [-0.2, -0.15) is 0 Å². The predicted octanol–water partition coefficient (Wildman–Crippen LogP) is 3.79. The van der Waals surface area contributed by atoms with E-state index in [-0.39, 0.29) is 36.0 Å². The van der Waals surface area contributed by atoms with Crippen molar-refractivity contribution in [3.63, 3.8) is 0 Å². The molecule has 2 N–H and O–H groups in total. The van der Waals surface area contributed by atoms with E-state index in [2.05, 4.69) is 20.8 Å². The van der Waals surface area contributed by atoms with Crippen molar-refractivity contribution in [1.29, 1.82) is 0 Å². The van der Waals surface area contributed by atoms with Gasteiger partial charge in [-0.25, -0.2) is 0 Å². The summed E-state index contributed by atoms with van der Waals surface area (Å²) >= 11 is 1.21. The van der Waals surface area contributed by atoms with Crippen LogP contribution >= 0.6 is 11.8 Å². The molecule has 4 rings (SSSR count). The second-order valence-electron chi connectivity index (χ2n) is 8.49. The van der Waals surface area contributed by atoms with Gasteiger partial charge < -0.3 is 24.7 Å². The molecule has 1 aliphatic rings. The molecule has 0 saturated carbocycles. The highest BCUT2D eigenvalue weighted by molar-refractivity contribution is 7.99. The number of rotatable bonds is 10. The minimum absolute atomic E-state index is 0.00995. The maximum Gasteiger partial charge on any atom is 0.269 e. The van der Waals surface area contributed by atoms with Crippen LogP contribution in [0.5, 0.6) is 11.5 Å². The number of non-ortho nitro benzene ring substituents is 1. The molecule has 2 heterocycles. The first-order valence-electron chi connectivity index (χ1n) is 11.6. The van der Waals surface area contributed by atoms with Gasteiger partial charge in [-0.05, 0) is 43.2 Å². The summed E-state index contributed by atoms with van der Waals surface area (Å²) in [6.45, 7) is 6.55. The summed E-state index contributed by atoms with van der Waals surface area (Å²) < 4.78 is 12.6. The molecule has 13 heteroatoms. The van der Waals surface area contributed by atoms with Crippen molar-refractivity contribution >= 4 is 35.0 Å². The summed E-state index contributed by atoms with van der Waals surface area (Å²) in [6, 6.07) is 10.2. The summed E-state index contributed by atoms with van der Waals surface area (Å²) in [6.07, 6.45) is 0. The topological polar surface area (TPSA) is 151 Å². The number of thioether (sulfide) groups is 1. The lowest BCUT2D eigenvalue weighted by atomic mass is 10.0. The van der Waals surface area contributed by atoms with E-state index in [0.29, 0.717) is 40.3 Å². The molecule has 0 radical (unpaired) electrons. The van der Waals surface area contributed by atoms with Crippen LogP contribution in [-0.2, 0) is 11.3 Å². The van der Waals surface area contributed by atoms with E-state index >= 15 is 0 Å². The molecule has 2 aromatic carbocycles. The zero-order valence-electron chi connectivity index (χ0n) is 20.5. The molecule has 2 amide bonds. The van der Waals surface area contributed by atoms with Crippen molar-refractivity contribution in [3.8, 4) is 11.5 Å². The predicted molar refractivity (Wildman–Crippen MR) is 136 cm³/mol. The SMILES string of the molecule is CCn1c(SCC(=O)Nc2ccc([N+](=O)[O-])cc2)nnc1C(NC(=O)c1ccc2c(c1)OCO2)C(C)C. The fourth-order valence-electron chi connectivity index (χ4n) is 3.72. The minimum atomic E-state index is -0.501. The average Bonchev–Trinajstić information content (AvgIpc) is 3.52. The van der Waals surface area contributed by atoms with Crippen molar-refractivity contribution in [2.24, 2.45) is 5.92 Å². The zero-order chi connectivity index (χ0) is 26.5. The molecule has 3 aromatic rings. The monoisotopic (exact) mass is 526 g/mol. The van der Waals surface area contributed by atoms with Crippen molar-refractivity contribution in [2.45, 2.75) is 38.5 Å². The van der Waals surface area contributed by atoms with Gasteiger partial charge in [0.25, 0.3) is 11.6 Å². The van der Waals surface area contributed by atoms with Gasteiger partial charge in [0.1, 0.15) is 0 Å². The van der Waals surface area contributed by atoms with Crippen LogP contribution in [0.25, 0.3) is 0 Å². The van der Waals surface area contributed by atoms with Gasteiger partial charge in [-0.1, -0.05) is 25.6 Å². The highest BCUT2D eigenvalue weighted by atomic mass is 32.2. The summed E-state index contributed by atoms with van der Waals surface area (Å²) in [5, 5.41) is 25.7. The molecule has 1 aliphatic heterocycles. The molecule has 1 unspecified atom stereocenters. The van der Waals surface area contributed by atoms with Crippen molar-refractivity contribution < 1.29 is 24.0 Å². The summed E-state index contributed by atoms with van der Waals surface area (Å²) in [5.74, 6) is 1.21. The van der Waals surface area contributed by atoms with E-state index in [4.69, 9.17) is 9.47 Å².